The molecular weight excluding hydrogens is 391 g/mol. The zero-order valence-electron chi connectivity index (χ0n) is 15.2. The summed E-state index contributed by atoms with van der Waals surface area (Å²) in [7, 11) is 0. The molecule has 0 bridgehead atoms. The van der Waals surface area contributed by atoms with Crippen LogP contribution in [0.2, 0.25) is 0 Å². The summed E-state index contributed by atoms with van der Waals surface area (Å²) in [4.78, 5) is 28.9. The van der Waals surface area contributed by atoms with E-state index in [1.54, 1.807) is 11.7 Å². The number of alkyl halides is 3. The number of nitrogens with zero attached hydrogens (tertiary/aromatic N) is 5. The summed E-state index contributed by atoms with van der Waals surface area (Å²) in [6.45, 7) is 1.72. The second-order valence-electron chi connectivity index (χ2n) is 7.27. The Balaban J connectivity index is 1.52. The zero-order valence-corrected chi connectivity index (χ0v) is 16.0. The summed E-state index contributed by atoms with van der Waals surface area (Å²) in [5, 5.41) is 0. The summed E-state index contributed by atoms with van der Waals surface area (Å²) >= 11 is 1.53. The van der Waals surface area contributed by atoms with Crippen molar-refractivity contribution in [3.8, 4) is 0 Å². The zero-order chi connectivity index (χ0) is 19.8. The first kappa shape index (κ1) is 19.1. The highest BCUT2D eigenvalue weighted by Crippen LogP contribution is 2.41. The molecular formula is C18H20F3N5OS. The van der Waals surface area contributed by atoms with Crippen molar-refractivity contribution in [3.63, 3.8) is 0 Å². The van der Waals surface area contributed by atoms with Crippen LogP contribution < -0.4 is 4.90 Å². The van der Waals surface area contributed by atoms with E-state index in [9.17, 15) is 18.0 Å². The van der Waals surface area contributed by atoms with E-state index in [-0.39, 0.29) is 17.3 Å². The molecule has 2 aliphatic heterocycles. The molecule has 4 rings (SSSR count). The third kappa shape index (κ3) is 3.69. The number of carbonyl (C=O) groups is 1. The molecule has 1 atom stereocenters. The number of thiazole rings is 1. The molecule has 1 spiro atoms. The Morgan fingerprint density at radius 1 is 1.18 bits per heavy atom. The minimum Gasteiger partial charge on any atom is -0.356 e. The van der Waals surface area contributed by atoms with Gasteiger partial charge in [-0.2, -0.15) is 13.2 Å². The van der Waals surface area contributed by atoms with E-state index in [0.29, 0.717) is 32.5 Å². The molecule has 1 amide bonds. The second kappa shape index (κ2) is 7.31. The van der Waals surface area contributed by atoms with Crippen molar-refractivity contribution >= 4 is 23.1 Å². The van der Waals surface area contributed by atoms with Gasteiger partial charge >= 0.3 is 6.18 Å². The maximum absolute atomic E-state index is 13.0. The van der Waals surface area contributed by atoms with E-state index in [0.717, 1.165) is 36.5 Å². The van der Waals surface area contributed by atoms with Gasteiger partial charge in [0.15, 0.2) is 0 Å². The van der Waals surface area contributed by atoms with Gasteiger partial charge in [-0.15, -0.1) is 11.3 Å². The third-order valence-corrected chi connectivity index (χ3v) is 6.42. The van der Waals surface area contributed by atoms with Crippen molar-refractivity contribution in [2.45, 2.75) is 50.4 Å². The van der Waals surface area contributed by atoms with Gasteiger partial charge in [-0.3, -0.25) is 9.78 Å². The summed E-state index contributed by atoms with van der Waals surface area (Å²) < 4.78 is 38.9. The molecule has 2 aliphatic rings. The van der Waals surface area contributed by atoms with Crippen molar-refractivity contribution in [2.24, 2.45) is 0 Å². The minimum atomic E-state index is -4.49. The van der Waals surface area contributed by atoms with Crippen LogP contribution in [-0.4, -0.2) is 44.4 Å². The molecule has 0 aromatic carbocycles. The first-order chi connectivity index (χ1) is 13.4. The molecule has 2 saturated heterocycles. The minimum absolute atomic E-state index is 0.142. The molecule has 0 unspecified atom stereocenters. The second-order valence-corrected chi connectivity index (χ2v) is 8.24. The quantitative estimate of drug-likeness (QED) is 0.774. The molecule has 6 nitrogen and oxygen atoms in total. The number of hydrogen-bond acceptors (Lipinski definition) is 6. The Bertz CT molecular complexity index is 844. The molecule has 0 aliphatic carbocycles. The van der Waals surface area contributed by atoms with Crippen molar-refractivity contribution < 1.29 is 18.0 Å². The Kier molecular flexibility index (Phi) is 4.98. The smallest absolute Gasteiger partial charge is 0.356 e. The fourth-order valence-electron chi connectivity index (χ4n) is 4.21. The predicted octanol–water partition coefficient (Wildman–Crippen LogP) is 3.50. The number of carbonyl (C=O) groups excluding carboxylic acids is 1. The van der Waals surface area contributed by atoms with Crippen LogP contribution in [0.1, 0.15) is 42.7 Å². The van der Waals surface area contributed by atoms with Crippen LogP contribution in [0.15, 0.2) is 24.1 Å². The van der Waals surface area contributed by atoms with E-state index in [4.69, 9.17) is 0 Å². The van der Waals surface area contributed by atoms with E-state index in [1.165, 1.54) is 11.3 Å². The highest BCUT2D eigenvalue weighted by atomic mass is 32.1. The highest BCUT2D eigenvalue weighted by Gasteiger charge is 2.46. The van der Waals surface area contributed by atoms with Gasteiger partial charge in [0.2, 0.25) is 5.91 Å². The van der Waals surface area contributed by atoms with Gasteiger partial charge in [-0.1, -0.05) is 0 Å². The molecule has 150 valence electrons. The van der Waals surface area contributed by atoms with Crippen LogP contribution in [0.5, 0.6) is 0 Å². The normalized spacial score (nSPS) is 23.5. The Morgan fingerprint density at radius 3 is 2.79 bits per heavy atom. The molecule has 2 fully saturated rings. The average Bonchev–Trinajstić information content (AvgIpc) is 3.21. The molecule has 0 saturated carbocycles. The number of amides is 1. The van der Waals surface area contributed by atoms with Gasteiger partial charge in [-0.05, 0) is 25.7 Å². The van der Waals surface area contributed by atoms with Crippen LogP contribution in [0.25, 0.3) is 0 Å². The number of likely N-dealkylation sites (tertiary alicyclic amines) is 1. The first-order valence-electron chi connectivity index (χ1n) is 9.19. The highest BCUT2D eigenvalue weighted by molar-refractivity contribution is 7.09. The van der Waals surface area contributed by atoms with Gasteiger partial charge in [0.05, 0.1) is 12.1 Å². The lowest BCUT2D eigenvalue weighted by Gasteiger charge is -2.38. The molecule has 0 N–H and O–H groups in total. The molecule has 2 aromatic heterocycles. The number of anilines is 1. The molecule has 2 aromatic rings. The van der Waals surface area contributed by atoms with E-state index >= 15 is 0 Å². The number of halogens is 3. The summed E-state index contributed by atoms with van der Waals surface area (Å²) in [5.74, 6) is 0.431. The van der Waals surface area contributed by atoms with Gasteiger partial charge in [0, 0.05) is 42.2 Å². The van der Waals surface area contributed by atoms with Crippen LogP contribution in [-0.2, 0) is 17.5 Å². The van der Waals surface area contributed by atoms with Crippen LogP contribution in [0.4, 0.5) is 19.0 Å². The predicted molar refractivity (Wildman–Crippen MR) is 97.7 cm³/mol. The summed E-state index contributed by atoms with van der Waals surface area (Å²) in [6.07, 6.45) is 1.90. The molecule has 10 heteroatoms. The van der Waals surface area contributed by atoms with Gasteiger partial charge in [-0.25, -0.2) is 9.97 Å². The lowest BCUT2D eigenvalue weighted by molar-refractivity contribution is -0.141. The summed E-state index contributed by atoms with van der Waals surface area (Å²) in [6, 6.07) is 1.01. The Labute approximate surface area is 164 Å². The van der Waals surface area contributed by atoms with Crippen LogP contribution in [0.3, 0.4) is 0 Å². The fraction of sp³-hybridized carbons (Fsp3) is 0.556. The first-order valence-corrected chi connectivity index (χ1v) is 10.1. The topological polar surface area (TPSA) is 62.2 Å². The van der Waals surface area contributed by atoms with Gasteiger partial charge < -0.3 is 9.80 Å². The molecule has 0 radical (unpaired) electrons. The van der Waals surface area contributed by atoms with Crippen molar-refractivity contribution in [1.29, 1.82) is 0 Å². The van der Waals surface area contributed by atoms with Crippen LogP contribution in [0, 0.1) is 0 Å². The van der Waals surface area contributed by atoms with Gasteiger partial charge in [0.25, 0.3) is 0 Å². The van der Waals surface area contributed by atoms with Crippen LogP contribution >= 0.6 is 11.3 Å². The Morgan fingerprint density at radius 2 is 2.04 bits per heavy atom. The maximum Gasteiger partial charge on any atom is 0.433 e. The van der Waals surface area contributed by atoms with E-state index in [1.807, 2.05) is 9.80 Å². The molecule has 28 heavy (non-hydrogen) atoms. The largest absolute Gasteiger partial charge is 0.433 e. The van der Waals surface area contributed by atoms with Crippen molar-refractivity contribution in [3.05, 3.63) is 34.7 Å². The summed E-state index contributed by atoms with van der Waals surface area (Å²) in [5.41, 5.74) is 0.583. The lowest BCUT2D eigenvalue weighted by Crippen LogP contribution is -2.45. The number of rotatable bonds is 3. The Hall–Kier alpha value is -2.23. The fourth-order valence-corrected chi connectivity index (χ4v) is 4.79. The van der Waals surface area contributed by atoms with Crippen molar-refractivity contribution in [1.82, 2.24) is 19.9 Å². The SMILES string of the molecule is O=C1CC[C@]2(CCCN(c3cc(C(F)(F)F)ncn3)CC2)N1Cc1cncs1. The number of hydrogen-bond donors (Lipinski definition) is 0. The maximum atomic E-state index is 13.0. The molecule has 4 heterocycles. The lowest BCUT2D eigenvalue weighted by atomic mass is 9.87. The average molecular weight is 411 g/mol. The van der Waals surface area contributed by atoms with Gasteiger partial charge in [0.1, 0.15) is 17.8 Å². The van der Waals surface area contributed by atoms with E-state index < -0.39 is 11.9 Å². The number of aromatic nitrogens is 3. The van der Waals surface area contributed by atoms with E-state index in [2.05, 4.69) is 15.0 Å². The van der Waals surface area contributed by atoms with Crippen molar-refractivity contribution in [2.75, 3.05) is 18.0 Å². The third-order valence-electron chi connectivity index (χ3n) is 5.66. The monoisotopic (exact) mass is 411 g/mol. The standard InChI is InChI=1S/C18H20F3N5OS/c19-18(20,21)14-8-15(24-11-23-14)25-6-1-3-17(5-7-25)4-2-16(27)26(17)10-13-9-22-12-28-13/h8-9,11-12H,1-7,10H2/t17-/m0/s1.